The lowest BCUT2D eigenvalue weighted by Crippen LogP contribution is -2.34. The van der Waals surface area contributed by atoms with Crippen molar-refractivity contribution >= 4 is 30.1 Å². The van der Waals surface area contributed by atoms with Crippen LogP contribution in [0.15, 0.2) is 111 Å². The van der Waals surface area contributed by atoms with Crippen LogP contribution in [0.5, 0.6) is 17.2 Å². The van der Waals surface area contributed by atoms with Gasteiger partial charge in [0, 0.05) is 6.08 Å². The van der Waals surface area contributed by atoms with E-state index in [0.29, 0.717) is 24.5 Å². The first kappa shape index (κ1) is 31.0. The van der Waals surface area contributed by atoms with E-state index in [0.717, 1.165) is 6.08 Å². The fraction of sp³-hybridized carbons (Fsp3) is 0.121. The SMILES string of the molecule is C=CC(=O)OCCOC(=O)c1ccc(C(=O)Oc2ccc(OC(=O)c3ccc(OCC[n+]4ccn(C=C)c4)cc3)cc2)cc1. The van der Waals surface area contributed by atoms with Crippen molar-refractivity contribution in [3.8, 4) is 17.2 Å². The zero-order valence-corrected chi connectivity index (χ0v) is 23.6. The molecule has 4 aromatic rings. The highest BCUT2D eigenvalue weighted by Gasteiger charge is 2.14. The zero-order chi connectivity index (χ0) is 31.3. The number of hydrogen-bond donors (Lipinski definition) is 0. The predicted molar refractivity (Wildman–Crippen MR) is 157 cm³/mol. The van der Waals surface area contributed by atoms with Crippen molar-refractivity contribution in [2.75, 3.05) is 19.8 Å². The molecule has 4 rings (SSSR count). The van der Waals surface area contributed by atoms with Crippen LogP contribution in [0, 0.1) is 0 Å². The van der Waals surface area contributed by atoms with E-state index in [9.17, 15) is 19.2 Å². The monoisotopic (exact) mass is 597 g/mol. The Bertz CT molecular complexity index is 1620. The minimum atomic E-state index is -0.651. The summed E-state index contributed by atoms with van der Waals surface area (Å²) >= 11 is 0. The Morgan fingerprint density at radius 3 is 1.68 bits per heavy atom. The molecule has 1 aromatic heterocycles. The number of benzene rings is 3. The van der Waals surface area contributed by atoms with Gasteiger partial charge in [-0.25, -0.2) is 28.3 Å². The first-order chi connectivity index (χ1) is 21.3. The number of aromatic nitrogens is 2. The maximum atomic E-state index is 12.6. The number of carbonyl (C=O) groups excluding carboxylic acids is 4. The van der Waals surface area contributed by atoms with Crippen LogP contribution in [0.3, 0.4) is 0 Å². The molecule has 224 valence electrons. The third-order valence-corrected chi connectivity index (χ3v) is 5.96. The molecule has 0 radical (unpaired) electrons. The van der Waals surface area contributed by atoms with Gasteiger partial charge in [-0.15, -0.1) is 0 Å². The second-order valence-corrected chi connectivity index (χ2v) is 8.99. The Morgan fingerprint density at radius 1 is 0.659 bits per heavy atom. The number of esters is 4. The van der Waals surface area contributed by atoms with Gasteiger partial charge in [-0.3, -0.25) is 0 Å². The molecule has 0 aliphatic carbocycles. The molecule has 0 fully saturated rings. The van der Waals surface area contributed by atoms with Crippen molar-refractivity contribution in [1.29, 1.82) is 0 Å². The second kappa shape index (κ2) is 15.3. The molecule has 3 aromatic carbocycles. The molecule has 0 aliphatic heterocycles. The number of hydrogen-bond acceptors (Lipinski definition) is 9. The summed E-state index contributed by atoms with van der Waals surface area (Å²) in [5, 5.41) is 0. The summed E-state index contributed by atoms with van der Waals surface area (Å²) in [5.74, 6) is -1.35. The molecule has 0 N–H and O–H groups in total. The van der Waals surface area contributed by atoms with Crippen molar-refractivity contribution in [3.63, 3.8) is 0 Å². The molecule has 0 amide bonds. The van der Waals surface area contributed by atoms with E-state index in [2.05, 4.69) is 13.2 Å². The molecule has 11 nitrogen and oxygen atoms in total. The van der Waals surface area contributed by atoms with Gasteiger partial charge < -0.3 is 23.7 Å². The van der Waals surface area contributed by atoms with E-state index in [1.54, 1.807) is 30.5 Å². The molecule has 0 atom stereocenters. The van der Waals surface area contributed by atoms with E-state index < -0.39 is 23.9 Å². The lowest BCUT2D eigenvalue weighted by molar-refractivity contribution is -0.696. The molecule has 1 heterocycles. The van der Waals surface area contributed by atoms with E-state index >= 15 is 0 Å². The summed E-state index contributed by atoms with van der Waals surface area (Å²) in [6.07, 6.45) is 8.40. The highest BCUT2D eigenvalue weighted by atomic mass is 16.6. The molecule has 44 heavy (non-hydrogen) atoms. The number of carbonyl (C=O) groups is 4. The normalized spacial score (nSPS) is 10.3. The number of rotatable bonds is 14. The van der Waals surface area contributed by atoms with Crippen molar-refractivity contribution < 1.29 is 47.4 Å². The largest absolute Gasteiger partial charge is 0.489 e. The molecular weight excluding hydrogens is 568 g/mol. The molecule has 0 spiro atoms. The lowest BCUT2D eigenvalue weighted by Gasteiger charge is -2.08. The maximum absolute atomic E-state index is 12.6. The Morgan fingerprint density at radius 2 is 1.16 bits per heavy atom. The Balaban J connectivity index is 1.21. The third-order valence-electron chi connectivity index (χ3n) is 5.96. The standard InChI is InChI=1S/C33H29N2O9/c1-3-30(36)41-21-22-42-31(37)24-5-7-25(8-6-24)32(38)43-28-13-15-29(16-14-28)44-33(39)26-9-11-27(12-10-26)40-20-19-35-18-17-34(4-2)23-35/h3-18,23H,1-2,19-22H2/q+1. The van der Waals surface area contributed by atoms with Gasteiger partial charge in [0.25, 0.3) is 0 Å². The maximum Gasteiger partial charge on any atom is 0.343 e. The van der Waals surface area contributed by atoms with Crippen molar-refractivity contribution in [1.82, 2.24) is 4.57 Å². The zero-order valence-electron chi connectivity index (χ0n) is 23.6. The van der Waals surface area contributed by atoms with Gasteiger partial charge in [-0.1, -0.05) is 13.2 Å². The predicted octanol–water partition coefficient (Wildman–Crippen LogP) is 4.28. The molecule has 0 saturated heterocycles. The summed E-state index contributed by atoms with van der Waals surface area (Å²) in [7, 11) is 0. The topological polar surface area (TPSA) is 123 Å². The van der Waals surface area contributed by atoms with E-state index in [1.165, 1.54) is 48.5 Å². The summed E-state index contributed by atoms with van der Waals surface area (Å²) in [4.78, 5) is 48.2. The van der Waals surface area contributed by atoms with Crippen LogP contribution in [-0.2, 0) is 20.8 Å². The lowest BCUT2D eigenvalue weighted by atomic mass is 10.1. The van der Waals surface area contributed by atoms with E-state index in [4.69, 9.17) is 23.7 Å². The summed E-state index contributed by atoms with van der Waals surface area (Å²) in [6.45, 7) is 7.85. The van der Waals surface area contributed by atoms with Crippen LogP contribution in [0.25, 0.3) is 6.20 Å². The Hall–Kier alpha value is -5.97. The minimum absolute atomic E-state index is 0.102. The average molecular weight is 598 g/mol. The van der Waals surface area contributed by atoms with Gasteiger partial charge >= 0.3 is 23.9 Å². The second-order valence-electron chi connectivity index (χ2n) is 8.99. The van der Waals surface area contributed by atoms with Gasteiger partial charge in [0.15, 0.2) is 0 Å². The number of nitrogens with zero attached hydrogens (tertiary/aromatic N) is 2. The molecular formula is C33H29N2O9+. The van der Waals surface area contributed by atoms with Crippen LogP contribution in [0.2, 0.25) is 0 Å². The van der Waals surface area contributed by atoms with Crippen LogP contribution in [0.4, 0.5) is 0 Å². The Labute approximate surface area is 253 Å². The first-order valence-electron chi connectivity index (χ1n) is 13.4. The molecule has 0 unspecified atom stereocenters. The van der Waals surface area contributed by atoms with E-state index in [-0.39, 0.29) is 35.8 Å². The van der Waals surface area contributed by atoms with Crippen LogP contribution < -0.4 is 18.8 Å². The molecule has 0 saturated carbocycles. The summed E-state index contributed by atoms with van der Waals surface area (Å²) in [5.41, 5.74) is 0.753. The van der Waals surface area contributed by atoms with Gasteiger partial charge in [0.05, 0.1) is 22.9 Å². The molecule has 0 aliphatic rings. The summed E-state index contributed by atoms with van der Waals surface area (Å²) < 4.78 is 30.1. The highest BCUT2D eigenvalue weighted by Crippen LogP contribution is 2.21. The quantitative estimate of drug-likeness (QED) is 0.0689. The fourth-order valence-corrected chi connectivity index (χ4v) is 3.68. The summed E-state index contributed by atoms with van der Waals surface area (Å²) in [6, 6.07) is 18.3. The van der Waals surface area contributed by atoms with Crippen molar-refractivity contribution in [3.05, 3.63) is 127 Å². The van der Waals surface area contributed by atoms with Crippen LogP contribution >= 0.6 is 0 Å². The van der Waals surface area contributed by atoms with Crippen LogP contribution in [0.1, 0.15) is 31.1 Å². The van der Waals surface area contributed by atoms with Gasteiger partial charge in [-0.05, 0) is 72.8 Å². The van der Waals surface area contributed by atoms with Gasteiger partial charge in [-0.2, -0.15) is 0 Å². The fourth-order valence-electron chi connectivity index (χ4n) is 3.68. The molecule has 0 bridgehead atoms. The third kappa shape index (κ3) is 9.02. The highest BCUT2D eigenvalue weighted by molar-refractivity contribution is 5.94. The number of imidazole rings is 1. The number of ether oxygens (including phenoxy) is 5. The first-order valence-corrected chi connectivity index (χ1v) is 13.4. The van der Waals surface area contributed by atoms with Gasteiger partial charge in [0.2, 0.25) is 6.33 Å². The van der Waals surface area contributed by atoms with Crippen LogP contribution in [-0.4, -0.2) is 48.3 Å². The Kier molecular flexibility index (Phi) is 10.8. The average Bonchev–Trinajstić information content (AvgIpc) is 3.52. The minimum Gasteiger partial charge on any atom is -0.489 e. The van der Waals surface area contributed by atoms with Crippen molar-refractivity contribution in [2.24, 2.45) is 0 Å². The molecule has 11 heteroatoms. The van der Waals surface area contributed by atoms with E-state index in [1.807, 2.05) is 27.9 Å². The smallest absolute Gasteiger partial charge is 0.343 e. The van der Waals surface area contributed by atoms with Gasteiger partial charge in [0.1, 0.15) is 56.0 Å². The van der Waals surface area contributed by atoms with Crippen molar-refractivity contribution in [2.45, 2.75) is 6.54 Å².